The van der Waals surface area contributed by atoms with E-state index >= 15 is 0 Å². The Morgan fingerprint density at radius 3 is 3.00 bits per heavy atom. The molecule has 3 rings (SSSR count). The van der Waals surface area contributed by atoms with E-state index in [2.05, 4.69) is 11.9 Å². The number of anilines is 1. The predicted octanol–water partition coefficient (Wildman–Crippen LogP) is 2.55. The van der Waals surface area contributed by atoms with E-state index in [0.717, 1.165) is 17.7 Å². The number of Topliss-reactive ketones (excluding diaryl/α,β-unsaturated/α-hetero) is 1. The molecule has 0 saturated carbocycles. The number of hydrogen-bond donors (Lipinski definition) is 1. The summed E-state index contributed by atoms with van der Waals surface area (Å²) in [6.07, 6.45) is 3.58. The van der Waals surface area contributed by atoms with Gasteiger partial charge in [-0.2, -0.15) is 0 Å². The molecule has 20 heavy (non-hydrogen) atoms. The summed E-state index contributed by atoms with van der Waals surface area (Å²) in [5.74, 6) is -0.146. The van der Waals surface area contributed by atoms with Crippen LogP contribution in [0.3, 0.4) is 0 Å². The maximum Gasteiger partial charge on any atom is 0.261 e. The molecule has 2 atom stereocenters. The van der Waals surface area contributed by atoms with Gasteiger partial charge in [-0.05, 0) is 18.9 Å². The lowest BCUT2D eigenvalue weighted by Crippen LogP contribution is -2.47. The van der Waals surface area contributed by atoms with Gasteiger partial charge in [-0.3, -0.25) is 9.59 Å². The van der Waals surface area contributed by atoms with Crippen LogP contribution in [0.15, 0.2) is 36.9 Å². The highest BCUT2D eigenvalue weighted by Crippen LogP contribution is 2.45. The maximum atomic E-state index is 12.4. The minimum Gasteiger partial charge on any atom is -0.356 e. The van der Waals surface area contributed by atoms with E-state index in [1.807, 2.05) is 24.3 Å². The van der Waals surface area contributed by atoms with Gasteiger partial charge in [-0.25, -0.2) is 0 Å². The lowest BCUT2D eigenvalue weighted by Gasteiger charge is -2.36. The smallest absolute Gasteiger partial charge is 0.261 e. The number of allylic oxidation sites excluding steroid dienone is 1. The van der Waals surface area contributed by atoms with Gasteiger partial charge in [0.15, 0.2) is 5.60 Å². The third-order valence-corrected chi connectivity index (χ3v) is 3.94. The predicted molar refractivity (Wildman–Crippen MR) is 75.3 cm³/mol. The maximum absolute atomic E-state index is 12.4. The van der Waals surface area contributed by atoms with Gasteiger partial charge in [-0.1, -0.05) is 24.3 Å². The molecule has 0 aliphatic carbocycles. The highest BCUT2D eigenvalue weighted by Gasteiger charge is 2.53. The number of nitrogens with one attached hydrogen (secondary N) is 1. The van der Waals surface area contributed by atoms with Crippen LogP contribution in [0.5, 0.6) is 0 Å². The van der Waals surface area contributed by atoms with Gasteiger partial charge in [0, 0.05) is 24.1 Å². The molecule has 1 aromatic rings. The first-order valence-corrected chi connectivity index (χ1v) is 6.87. The fraction of sp³-hybridized carbons (Fsp3) is 0.375. The van der Waals surface area contributed by atoms with Crippen molar-refractivity contribution < 1.29 is 14.3 Å². The van der Waals surface area contributed by atoms with Crippen molar-refractivity contribution in [1.82, 2.24) is 0 Å². The van der Waals surface area contributed by atoms with Gasteiger partial charge in [0.2, 0.25) is 0 Å². The number of para-hydroxylation sites is 1. The zero-order valence-electron chi connectivity index (χ0n) is 11.2. The summed E-state index contributed by atoms with van der Waals surface area (Å²) in [5, 5.41) is 2.82. The minimum absolute atomic E-state index is 0.0807. The largest absolute Gasteiger partial charge is 0.356 e. The molecule has 1 fully saturated rings. The first kappa shape index (κ1) is 13.1. The summed E-state index contributed by atoms with van der Waals surface area (Å²) in [6.45, 7) is 3.68. The molecule has 0 aromatic heterocycles. The van der Waals surface area contributed by atoms with Gasteiger partial charge in [-0.15, -0.1) is 6.58 Å². The van der Waals surface area contributed by atoms with E-state index in [-0.39, 0.29) is 24.2 Å². The fourth-order valence-corrected chi connectivity index (χ4v) is 3.02. The Morgan fingerprint density at radius 2 is 2.20 bits per heavy atom. The van der Waals surface area contributed by atoms with Crippen molar-refractivity contribution in [2.24, 2.45) is 0 Å². The summed E-state index contributed by atoms with van der Waals surface area (Å²) in [5.41, 5.74) is 0.397. The molecule has 0 radical (unpaired) electrons. The molecule has 1 aromatic carbocycles. The average Bonchev–Trinajstić information content (AvgIpc) is 2.69. The third-order valence-electron chi connectivity index (χ3n) is 3.94. The Labute approximate surface area is 117 Å². The third kappa shape index (κ3) is 1.96. The van der Waals surface area contributed by atoms with E-state index in [4.69, 9.17) is 4.74 Å². The number of ether oxygens (including phenoxy) is 1. The van der Waals surface area contributed by atoms with E-state index in [1.165, 1.54) is 0 Å². The van der Waals surface area contributed by atoms with Gasteiger partial charge in [0.25, 0.3) is 5.91 Å². The highest BCUT2D eigenvalue weighted by atomic mass is 16.5. The van der Waals surface area contributed by atoms with Crippen LogP contribution >= 0.6 is 0 Å². The molecular weight excluding hydrogens is 254 g/mol. The summed E-state index contributed by atoms with van der Waals surface area (Å²) in [4.78, 5) is 24.4. The van der Waals surface area contributed by atoms with E-state index in [0.29, 0.717) is 12.8 Å². The first-order valence-electron chi connectivity index (χ1n) is 6.87. The molecule has 4 nitrogen and oxygen atoms in total. The number of amides is 1. The Kier molecular flexibility index (Phi) is 3.18. The second-order valence-corrected chi connectivity index (χ2v) is 5.35. The summed E-state index contributed by atoms with van der Waals surface area (Å²) in [7, 11) is 0. The zero-order valence-corrected chi connectivity index (χ0v) is 11.2. The van der Waals surface area contributed by atoms with Crippen molar-refractivity contribution in [3.63, 3.8) is 0 Å². The molecule has 1 spiro atoms. The Morgan fingerprint density at radius 1 is 1.40 bits per heavy atom. The lowest BCUT2D eigenvalue weighted by atomic mass is 9.84. The van der Waals surface area contributed by atoms with Crippen molar-refractivity contribution in [3.05, 3.63) is 42.5 Å². The molecule has 104 valence electrons. The van der Waals surface area contributed by atoms with Gasteiger partial charge >= 0.3 is 0 Å². The first-order chi connectivity index (χ1) is 9.65. The topological polar surface area (TPSA) is 55.4 Å². The van der Waals surface area contributed by atoms with Crippen molar-refractivity contribution in [2.45, 2.75) is 37.4 Å². The summed E-state index contributed by atoms with van der Waals surface area (Å²) in [6, 6.07) is 7.42. The molecule has 2 aliphatic rings. The van der Waals surface area contributed by atoms with Crippen LogP contribution in [0.25, 0.3) is 0 Å². The second-order valence-electron chi connectivity index (χ2n) is 5.35. The highest BCUT2D eigenvalue weighted by molar-refractivity contribution is 6.07. The summed E-state index contributed by atoms with van der Waals surface area (Å²) >= 11 is 0. The number of benzene rings is 1. The minimum atomic E-state index is -1.13. The van der Waals surface area contributed by atoms with Crippen molar-refractivity contribution in [2.75, 3.05) is 5.32 Å². The molecule has 2 aliphatic heterocycles. The molecule has 1 amide bonds. The molecule has 1 N–H and O–H groups in total. The number of carbonyl (C=O) groups excluding carboxylic acids is 2. The van der Waals surface area contributed by atoms with Crippen LogP contribution in [0, 0.1) is 0 Å². The number of carbonyl (C=O) groups is 2. The molecule has 2 heterocycles. The standard InChI is InChI=1S/C16H17NO3/c1-2-3-6-12-9-11(18)10-16(20-12)13-7-4-5-8-14(13)17-15(16)19/h2,4-5,7-8,12H,1,3,6,9-10H2,(H,17,19)/t12-,16+/m1/s1. The molecule has 0 bridgehead atoms. The van der Waals surface area contributed by atoms with Crippen molar-refractivity contribution in [3.8, 4) is 0 Å². The summed E-state index contributed by atoms with van der Waals surface area (Å²) < 4.78 is 6.07. The normalized spacial score (nSPS) is 28.3. The van der Waals surface area contributed by atoms with Gasteiger partial charge in [0.1, 0.15) is 5.78 Å². The van der Waals surface area contributed by atoms with Gasteiger partial charge < -0.3 is 10.1 Å². The number of ketones is 1. The van der Waals surface area contributed by atoms with Crippen LogP contribution in [0.1, 0.15) is 31.2 Å². The van der Waals surface area contributed by atoms with E-state index in [1.54, 1.807) is 6.08 Å². The van der Waals surface area contributed by atoms with Crippen LogP contribution in [-0.4, -0.2) is 17.8 Å². The van der Waals surface area contributed by atoms with Crippen molar-refractivity contribution >= 4 is 17.4 Å². The average molecular weight is 271 g/mol. The van der Waals surface area contributed by atoms with E-state index in [9.17, 15) is 9.59 Å². The Bertz CT molecular complexity index is 581. The number of hydrogen-bond acceptors (Lipinski definition) is 3. The molecular formula is C16H17NO3. The lowest BCUT2D eigenvalue weighted by molar-refractivity contribution is -0.169. The van der Waals surface area contributed by atoms with Crippen LogP contribution in [-0.2, 0) is 19.9 Å². The van der Waals surface area contributed by atoms with Crippen LogP contribution < -0.4 is 5.32 Å². The second kappa shape index (κ2) is 4.87. The van der Waals surface area contributed by atoms with Crippen LogP contribution in [0.2, 0.25) is 0 Å². The SMILES string of the molecule is C=CCC[C@@H]1CC(=O)C[C@@]2(O1)C(=O)Nc1ccccc12. The van der Waals surface area contributed by atoms with Gasteiger partial charge in [0.05, 0.1) is 6.10 Å². The zero-order chi connectivity index (χ0) is 14.2. The monoisotopic (exact) mass is 271 g/mol. The number of fused-ring (bicyclic) bond motifs is 2. The van der Waals surface area contributed by atoms with Crippen molar-refractivity contribution in [1.29, 1.82) is 0 Å². The molecule has 4 heteroatoms. The van der Waals surface area contributed by atoms with Crippen LogP contribution in [0.4, 0.5) is 5.69 Å². The quantitative estimate of drug-likeness (QED) is 0.859. The Hall–Kier alpha value is -1.94. The van der Waals surface area contributed by atoms with E-state index < -0.39 is 5.60 Å². The molecule has 1 saturated heterocycles. The fourth-order valence-electron chi connectivity index (χ4n) is 3.02. The number of rotatable bonds is 3. The molecule has 0 unspecified atom stereocenters. The Balaban J connectivity index is 1.96.